The third-order valence-corrected chi connectivity index (χ3v) is 5.13. The Balaban J connectivity index is 1.26. The smallest absolute Gasteiger partial charge is 0.359 e. The van der Waals surface area contributed by atoms with Crippen molar-refractivity contribution in [3.63, 3.8) is 0 Å². The fraction of sp³-hybridized carbons (Fsp3) is 0.318. The van der Waals surface area contributed by atoms with E-state index in [1.54, 1.807) is 15.5 Å². The number of imidazole rings is 1. The van der Waals surface area contributed by atoms with E-state index < -0.39 is 5.97 Å². The molecule has 150 valence electrons. The van der Waals surface area contributed by atoms with Gasteiger partial charge in [-0.1, -0.05) is 30.3 Å². The second-order valence-electron chi connectivity index (χ2n) is 7.31. The highest BCUT2D eigenvalue weighted by atomic mass is 16.5. The molecule has 29 heavy (non-hydrogen) atoms. The molecule has 1 amide bonds. The van der Waals surface area contributed by atoms with Gasteiger partial charge in [0, 0.05) is 45.1 Å². The van der Waals surface area contributed by atoms with Gasteiger partial charge in [-0.3, -0.25) is 9.69 Å². The maximum absolute atomic E-state index is 12.4. The van der Waals surface area contributed by atoms with E-state index >= 15 is 0 Å². The van der Waals surface area contributed by atoms with Crippen LogP contribution in [0, 0.1) is 6.92 Å². The lowest BCUT2D eigenvalue weighted by molar-refractivity contribution is -0.136. The van der Waals surface area contributed by atoms with Crippen molar-refractivity contribution in [1.82, 2.24) is 19.2 Å². The number of carbonyl (C=O) groups is 2. The number of pyridine rings is 1. The van der Waals surface area contributed by atoms with Gasteiger partial charge in [0.05, 0.1) is 0 Å². The molecule has 0 saturated carbocycles. The fourth-order valence-corrected chi connectivity index (χ4v) is 3.47. The summed E-state index contributed by atoms with van der Waals surface area (Å²) in [5, 5.41) is 0. The summed E-state index contributed by atoms with van der Waals surface area (Å²) in [7, 11) is 0. The molecule has 3 heterocycles. The van der Waals surface area contributed by atoms with Gasteiger partial charge in [0.2, 0.25) is 0 Å². The molecule has 2 aromatic heterocycles. The van der Waals surface area contributed by atoms with Gasteiger partial charge in [0.1, 0.15) is 5.65 Å². The van der Waals surface area contributed by atoms with Crippen LogP contribution in [0.2, 0.25) is 0 Å². The summed E-state index contributed by atoms with van der Waals surface area (Å²) < 4.78 is 6.97. The number of piperazine rings is 1. The van der Waals surface area contributed by atoms with E-state index in [1.165, 1.54) is 5.56 Å². The molecule has 1 saturated heterocycles. The topological polar surface area (TPSA) is 67.2 Å². The Kier molecular flexibility index (Phi) is 5.57. The number of hydrogen-bond donors (Lipinski definition) is 0. The van der Waals surface area contributed by atoms with E-state index in [-0.39, 0.29) is 18.2 Å². The van der Waals surface area contributed by atoms with Gasteiger partial charge >= 0.3 is 5.97 Å². The standard InChI is InChI=1S/C22H24N4O3/c1-17-7-8-26-15-19(23-20(26)13-17)22(28)29-16-21(27)25-11-9-24(10-12-25)14-18-5-3-2-4-6-18/h2-8,13,15H,9-12,14,16H2,1H3. The molecule has 7 nitrogen and oxygen atoms in total. The Hall–Kier alpha value is -3.19. The molecule has 3 aromatic rings. The monoisotopic (exact) mass is 392 g/mol. The number of fused-ring (bicyclic) bond motifs is 1. The molecule has 0 atom stereocenters. The van der Waals surface area contributed by atoms with Gasteiger partial charge in [-0.05, 0) is 30.2 Å². The number of aryl methyl sites for hydroxylation is 1. The van der Waals surface area contributed by atoms with Gasteiger partial charge in [-0.2, -0.15) is 0 Å². The summed E-state index contributed by atoms with van der Waals surface area (Å²) in [6.07, 6.45) is 3.46. The minimum absolute atomic E-state index is 0.169. The first-order valence-electron chi connectivity index (χ1n) is 9.75. The maximum Gasteiger partial charge on any atom is 0.359 e. The number of esters is 1. The van der Waals surface area contributed by atoms with Gasteiger partial charge in [0.15, 0.2) is 12.3 Å². The van der Waals surface area contributed by atoms with Crippen LogP contribution >= 0.6 is 0 Å². The Morgan fingerprint density at radius 3 is 2.59 bits per heavy atom. The van der Waals surface area contributed by atoms with Crippen molar-refractivity contribution in [3.05, 3.63) is 71.7 Å². The number of carbonyl (C=O) groups excluding carboxylic acids is 2. The predicted octanol–water partition coefficient (Wildman–Crippen LogP) is 2.14. The molecular weight excluding hydrogens is 368 g/mol. The number of nitrogens with zero attached hydrogens (tertiary/aromatic N) is 4. The second kappa shape index (κ2) is 8.45. The zero-order valence-corrected chi connectivity index (χ0v) is 16.5. The minimum Gasteiger partial charge on any atom is -0.451 e. The van der Waals surface area contributed by atoms with Crippen LogP contribution < -0.4 is 0 Å². The van der Waals surface area contributed by atoms with Crippen LogP contribution in [0.4, 0.5) is 0 Å². The predicted molar refractivity (Wildman–Crippen MR) is 109 cm³/mol. The van der Waals surface area contributed by atoms with Crippen LogP contribution in [0.3, 0.4) is 0 Å². The third kappa shape index (κ3) is 4.63. The number of ether oxygens (including phenoxy) is 1. The van der Waals surface area contributed by atoms with Crippen molar-refractivity contribution < 1.29 is 14.3 Å². The van der Waals surface area contributed by atoms with E-state index in [0.717, 1.165) is 25.2 Å². The highest BCUT2D eigenvalue weighted by Crippen LogP contribution is 2.10. The zero-order chi connectivity index (χ0) is 20.2. The Morgan fingerprint density at radius 2 is 1.83 bits per heavy atom. The molecule has 0 spiro atoms. The molecule has 7 heteroatoms. The largest absolute Gasteiger partial charge is 0.451 e. The van der Waals surface area contributed by atoms with Crippen LogP contribution in [0.25, 0.3) is 5.65 Å². The molecule has 1 aliphatic heterocycles. The van der Waals surface area contributed by atoms with Crippen molar-refractivity contribution in [3.8, 4) is 0 Å². The van der Waals surface area contributed by atoms with E-state index in [4.69, 9.17) is 4.74 Å². The number of amides is 1. The van der Waals surface area contributed by atoms with Crippen LogP contribution in [0.5, 0.6) is 0 Å². The molecular formula is C22H24N4O3. The van der Waals surface area contributed by atoms with Crippen molar-refractivity contribution >= 4 is 17.5 Å². The van der Waals surface area contributed by atoms with Gasteiger partial charge in [0.25, 0.3) is 5.91 Å². The lowest BCUT2D eigenvalue weighted by atomic mass is 10.2. The van der Waals surface area contributed by atoms with Gasteiger partial charge in [-0.25, -0.2) is 9.78 Å². The fourth-order valence-electron chi connectivity index (χ4n) is 3.47. The zero-order valence-electron chi connectivity index (χ0n) is 16.5. The number of benzene rings is 1. The molecule has 1 fully saturated rings. The molecule has 1 aromatic carbocycles. The van der Waals surface area contributed by atoms with E-state index in [2.05, 4.69) is 22.0 Å². The minimum atomic E-state index is -0.581. The summed E-state index contributed by atoms with van der Waals surface area (Å²) in [4.78, 5) is 33.0. The highest BCUT2D eigenvalue weighted by Gasteiger charge is 2.23. The molecule has 1 aliphatic rings. The summed E-state index contributed by atoms with van der Waals surface area (Å²) in [6, 6.07) is 14.1. The van der Waals surface area contributed by atoms with Crippen molar-refractivity contribution in [2.45, 2.75) is 13.5 Å². The number of aromatic nitrogens is 2. The molecule has 0 N–H and O–H groups in total. The Morgan fingerprint density at radius 1 is 1.07 bits per heavy atom. The summed E-state index contributed by atoms with van der Waals surface area (Å²) in [6.45, 7) is 5.47. The third-order valence-electron chi connectivity index (χ3n) is 5.13. The molecule has 0 aliphatic carbocycles. The Bertz CT molecular complexity index is 1010. The van der Waals surface area contributed by atoms with Crippen LogP contribution in [0.15, 0.2) is 54.9 Å². The van der Waals surface area contributed by atoms with Crippen molar-refractivity contribution in [2.24, 2.45) is 0 Å². The van der Waals surface area contributed by atoms with Gasteiger partial charge < -0.3 is 14.0 Å². The van der Waals surface area contributed by atoms with Crippen LogP contribution in [-0.4, -0.2) is 63.8 Å². The first-order valence-corrected chi connectivity index (χ1v) is 9.75. The number of hydrogen-bond acceptors (Lipinski definition) is 5. The van der Waals surface area contributed by atoms with Crippen LogP contribution in [0.1, 0.15) is 21.6 Å². The Labute approximate surface area is 169 Å². The van der Waals surface area contributed by atoms with Gasteiger partial charge in [-0.15, -0.1) is 0 Å². The SMILES string of the molecule is Cc1ccn2cc(C(=O)OCC(=O)N3CCN(Cc4ccccc4)CC3)nc2c1. The summed E-state index contributed by atoms with van der Waals surface area (Å²) >= 11 is 0. The second-order valence-corrected chi connectivity index (χ2v) is 7.31. The van der Waals surface area contributed by atoms with Crippen LogP contribution in [-0.2, 0) is 16.1 Å². The van der Waals surface area contributed by atoms with E-state index in [0.29, 0.717) is 18.7 Å². The normalized spacial score (nSPS) is 14.9. The first kappa shape index (κ1) is 19.1. The maximum atomic E-state index is 12.4. The first-order chi connectivity index (χ1) is 14.1. The highest BCUT2D eigenvalue weighted by molar-refractivity contribution is 5.90. The quantitative estimate of drug-likeness (QED) is 0.623. The average Bonchev–Trinajstić information content (AvgIpc) is 3.16. The molecule has 0 radical (unpaired) electrons. The molecule has 0 unspecified atom stereocenters. The van der Waals surface area contributed by atoms with Crippen molar-refractivity contribution in [2.75, 3.05) is 32.8 Å². The summed E-state index contributed by atoms with van der Waals surface area (Å²) in [5.74, 6) is -0.750. The average molecular weight is 392 g/mol. The molecule has 0 bridgehead atoms. The lowest BCUT2D eigenvalue weighted by Crippen LogP contribution is -2.49. The molecule has 4 rings (SSSR count). The van der Waals surface area contributed by atoms with Crippen molar-refractivity contribution in [1.29, 1.82) is 0 Å². The van der Waals surface area contributed by atoms with E-state index in [1.807, 2.05) is 43.5 Å². The van der Waals surface area contributed by atoms with E-state index in [9.17, 15) is 9.59 Å². The lowest BCUT2D eigenvalue weighted by Gasteiger charge is -2.34. The number of rotatable bonds is 5. The summed E-state index contributed by atoms with van der Waals surface area (Å²) in [5.41, 5.74) is 3.21.